The maximum Gasteiger partial charge on any atom is 0.273 e. The molecule has 1 aliphatic carbocycles. The summed E-state index contributed by atoms with van der Waals surface area (Å²) in [5.41, 5.74) is -0.430. The molecule has 1 atom stereocenters. The molecule has 3 heterocycles. The van der Waals surface area contributed by atoms with Crippen molar-refractivity contribution in [1.29, 1.82) is 0 Å². The number of carbonyl (C=O) groups is 3. The molecule has 4 rings (SSSR count). The number of likely N-dealkylation sites (N-methyl/N-ethyl adjacent to an activating group) is 1. The minimum atomic E-state index is -1.04. The van der Waals surface area contributed by atoms with Crippen LogP contribution in [0.3, 0.4) is 0 Å². The van der Waals surface area contributed by atoms with Gasteiger partial charge in [0.2, 0.25) is 5.91 Å². The SMILES string of the molecule is CCCCN1C(=O)c2cc(C(=O)NCCCN3CCN(CC)CC3)nn2CC1(C)C(=O)NC1CCCC1. The van der Waals surface area contributed by atoms with Crippen molar-refractivity contribution in [3.8, 4) is 0 Å². The fourth-order valence-corrected chi connectivity index (χ4v) is 5.75. The number of nitrogens with zero attached hydrogens (tertiary/aromatic N) is 5. The van der Waals surface area contributed by atoms with Crippen LogP contribution in [0, 0.1) is 0 Å². The lowest BCUT2D eigenvalue weighted by molar-refractivity contribution is -0.133. The molecule has 2 fully saturated rings. The summed E-state index contributed by atoms with van der Waals surface area (Å²) in [6.07, 6.45) is 6.82. The summed E-state index contributed by atoms with van der Waals surface area (Å²) in [5, 5.41) is 10.6. The smallest absolute Gasteiger partial charge is 0.273 e. The van der Waals surface area contributed by atoms with Gasteiger partial charge in [0.05, 0.1) is 6.54 Å². The molecule has 0 spiro atoms. The number of hydrogen-bond acceptors (Lipinski definition) is 6. The lowest BCUT2D eigenvalue weighted by Crippen LogP contribution is -2.65. The summed E-state index contributed by atoms with van der Waals surface area (Å²) in [7, 11) is 0. The summed E-state index contributed by atoms with van der Waals surface area (Å²) >= 11 is 0. The van der Waals surface area contributed by atoms with E-state index >= 15 is 0 Å². The van der Waals surface area contributed by atoms with Gasteiger partial charge in [0.25, 0.3) is 11.8 Å². The first-order valence-electron chi connectivity index (χ1n) is 14.3. The van der Waals surface area contributed by atoms with Crippen molar-refractivity contribution in [2.24, 2.45) is 0 Å². The third kappa shape index (κ3) is 6.34. The van der Waals surface area contributed by atoms with Crippen LogP contribution in [-0.4, -0.2) is 106 Å². The van der Waals surface area contributed by atoms with Gasteiger partial charge in [-0.3, -0.25) is 19.1 Å². The number of fused-ring (bicyclic) bond motifs is 1. The minimum absolute atomic E-state index is 0.129. The lowest BCUT2D eigenvalue weighted by atomic mass is 9.94. The number of rotatable bonds is 11. The topological polar surface area (TPSA) is 103 Å². The predicted octanol–water partition coefficient (Wildman–Crippen LogP) is 1.71. The van der Waals surface area contributed by atoms with Crippen LogP contribution in [-0.2, 0) is 11.3 Å². The number of aromatic nitrogens is 2. The average molecular weight is 516 g/mol. The molecule has 2 aliphatic heterocycles. The Kier molecular flexibility index (Phi) is 9.23. The number of carbonyl (C=O) groups excluding carboxylic acids is 3. The molecule has 2 N–H and O–H groups in total. The van der Waals surface area contributed by atoms with Gasteiger partial charge in [-0.05, 0) is 45.7 Å². The fraction of sp³-hybridized carbons (Fsp3) is 0.778. The molecule has 1 saturated carbocycles. The Labute approximate surface area is 221 Å². The Balaban J connectivity index is 1.37. The number of unbranched alkanes of at least 4 members (excludes halogenated alkanes) is 1. The van der Waals surface area contributed by atoms with Gasteiger partial charge in [-0.15, -0.1) is 0 Å². The van der Waals surface area contributed by atoms with Crippen LogP contribution in [0.1, 0.15) is 86.7 Å². The summed E-state index contributed by atoms with van der Waals surface area (Å²) < 4.78 is 1.56. The summed E-state index contributed by atoms with van der Waals surface area (Å²) in [6, 6.07) is 1.75. The van der Waals surface area contributed by atoms with Crippen molar-refractivity contribution in [1.82, 2.24) is 35.1 Å². The van der Waals surface area contributed by atoms with Gasteiger partial charge in [-0.2, -0.15) is 5.10 Å². The Morgan fingerprint density at radius 2 is 1.76 bits per heavy atom. The third-order valence-corrected chi connectivity index (χ3v) is 8.29. The summed E-state index contributed by atoms with van der Waals surface area (Å²) in [6.45, 7) is 13.8. The van der Waals surface area contributed by atoms with Crippen molar-refractivity contribution in [2.45, 2.75) is 83.8 Å². The largest absolute Gasteiger partial charge is 0.351 e. The molecular weight excluding hydrogens is 470 g/mol. The van der Waals surface area contributed by atoms with Gasteiger partial charge in [0, 0.05) is 51.4 Å². The maximum absolute atomic E-state index is 13.5. The molecule has 10 nitrogen and oxygen atoms in total. The highest BCUT2D eigenvalue weighted by atomic mass is 16.2. The molecule has 1 unspecified atom stereocenters. The molecule has 1 aromatic heterocycles. The van der Waals surface area contributed by atoms with Crippen LogP contribution in [0.5, 0.6) is 0 Å². The fourth-order valence-electron chi connectivity index (χ4n) is 5.75. The molecule has 1 saturated heterocycles. The number of amides is 3. The summed E-state index contributed by atoms with van der Waals surface area (Å²) in [5.74, 6) is -0.639. The van der Waals surface area contributed by atoms with E-state index in [1.165, 1.54) is 0 Å². The van der Waals surface area contributed by atoms with Gasteiger partial charge in [0.15, 0.2) is 5.69 Å². The zero-order valence-electron chi connectivity index (χ0n) is 22.9. The van der Waals surface area contributed by atoms with E-state index in [1.54, 1.807) is 15.6 Å². The van der Waals surface area contributed by atoms with E-state index < -0.39 is 5.54 Å². The van der Waals surface area contributed by atoms with Crippen molar-refractivity contribution in [3.63, 3.8) is 0 Å². The van der Waals surface area contributed by atoms with Crippen molar-refractivity contribution < 1.29 is 14.4 Å². The van der Waals surface area contributed by atoms with Gasteiger partial charge >= 0.3 is 0 Å². The van der Waals surface area contributed by atoms with E-state index in [2.05, 4.69) is 39.4 Å². The normalized spacial score (nSPS) is 23.3. The van der Waals surface area contributed by atoms with Crippen LogP contribution in [0.2, 0.25) is 0 Å². The molecule has 0 radical (unpaired) electrons. The highest BCUT2D eigenvalue weighted by molar-refractivity contribution is 6.01. The van der Waals surface area contributed by atoms with E-state index in [-0.39, 0.29) is 36.0 Å². The second-order valence-electron chi connectivity index (χ2n) is 11.0. The standard InChI is InChI=1S/C27H45N7O3/c1-4-6-14-33-25(36)23-19-22(24(35)28-12-9-13-32-17-15-31(5-2)16-18-32)30-34(23)20-27(33,3)26(37)29-21-10-7-8-11-21/h19,21H,4-18,20H2,1-3H3,(H,28,35)(H,29,37). The zero-order chi connectivity index (χ0) is 26.4. The monoisotopic (exact) mass is 515 g/mol. The van der Waals surface area contributed by atoms with Gasteiger partial charge in [0.1, 0.15) is 11.2 Å². The molecule has 0 aromatic carbocycles. The lowest BCUT2D eigenvalue weighted by Gasteiger charge is -2.43. The average Bonchev–Trinajstić information content (AvgIpc) is 3.57. The molecule has 0 bridgehead atoms. The van der Waals surface area contributed by atoms with Crippen LogP contribution in [0.15, 0.2) is 6.07 Å². The van der Waals surface area contributed by atoms with Crippen LogP contribution < -0.4 is 10.6 Å². The predicted molar refractivity (Wildman–Crippen MR) is 142 cm³/mol. The second-order valence-corrected chi connectivity index (χ2v) is 11.0. The highest BCUT2D eigenvalue weighted by Crippen LogP contribution is 2.29. The first-order chi connectivity index (χ1) is 17.9. The zero-order valence-corrected chi connectivity index (χ0v) is 22.9. The first-order valence-corrected chi connectivity index (χ1v) is 14.3. The second kappa shape index (κ2) is 12.4. The Hall–Kier alpha value is -2.46. The Morgan fingerprint density at radius 1 is 1.05 bits per heavy atom. The number of nitrogens with one attached hydrogen (secondary N) is 2. The van der Waals surface area contributed by atoms with Gasteiger partial charge in [-0.1, -0.05) is 33.1 Å². The molecule has 37 heavy (non-hydrogen) atoms. The van der Waals surface area contributed by atoms with E-state index in [9.17, 15) is 14.4 Å². The first kappa shape index (κ1) is 27.6. The molecule has 10 heteroatoms. The molecule has 3 amide bonds. The molecule has 1 aromatic rings. The van der Waals surface area contributed by atoms with Crippen LogP contribution in [0.25, 0.3) is 0 Å². The summed E-state index contributed by atoms with van der Waals surface area (Å²) in [4.78, 5) is 46.4. The van der Waals surface area contributed by atoms with Crippen LogP contribution in [0.4, 0.5) is 0 Å². The van der Waals surface area contributed by atoms with E-state index in [1.807, 2.05) is 6.92 Å². The van der Waals surface area contributed by atoms with E-state index in [0.29, 0.717) is 18.8 Å². The van der Waals surface area contributed by atoms with E-state index in [4.69, 9.17) is 0 Å². The van der Waals surface area contributed by atoms with E-state index in [0.717, 1.165) is 84.2 Å². The molecule has 3 aliphatic rings. The van der Waals surface area contributed by atoms with Crippen molar-refractivity contribution in [3.05, 3.63) is 17.5 Å². The van der Waals surface area contributed by atoms with Gasteiger partial charge in [-0.25, -0.2) is 0 Å². The van der Waals surface area contributed by atoms with Crippen LogP contribution >= 0.6 is 0 Å². The molecule has 206 valence electrons. The molecular formula is C27H45N7O3. The maximum atomic E-state index is 13.5. The number of hydrogen-bond donors (Lipinski definition) is 2. The minimum Gasteiger partial charge on any atom is -0.351 e. The van der Waals surface area contributed by atoms with Gasteiger partial charge < -0.3 is 25.3 Å². The number of piperazine rings is 1. The third-order valence-electron chi connectivity index (χ3n) is 8.29. The Morgan fingerprint density at radius 3 is 2.43 bits per heavy atom. The highest BCUT2D eigenvalue weighted by Gasteiger charge is 2.48. The van der Waals surface area contributed by atoms with Crippen molar-refractivity contribution >= 4 is 17.7 Å². The Bertz CT molecular complexity index is 950. The quantitative estimate of drug-likeness (QED) is 0.435. The van der Waals surface area contributed by atoms with Crippen molar-refractivity contribution in [2.75, 3.05) is 52.4 Å².